The van der Waals surface area contributed by atoms with Crippen LogP contribution in [0.3, 0.4) is 0 Å². The molecular formula is C22H23ClN2O5S. The minimum absolute atomic E-state index is 0.0638. The summed E-state index contributed by atoms with van der Waals surface area (Å²) in [6.07, 6.45) is 1.53. The topological polar surface area (TPSA) is 72.2 Å². The van der Waals surface area contributed by atoms with Gasteiger partial charge in [0, 0.05) is 19.1 Å². The standard InChI is InChI=1S/C22H23ClN2O5S/c1-24(14-20-7-4-12-28-20)31(26,27)21-15-29-25(2)22(21)16-5-3-6-19(13-16)30-18-10-8-17(23)9-11-18/h3-13,21-22H,14-15H2,1-2H3/t21-,22-/m1/s1. The van der Waals surface area contributed by atoms with Gasteiger partial charge >= 0.3 is 0 Å². The van der Waals surface area contributed by atoms with Crippen molar-refractivity contribution in [1.29, 1.82) is 0 Å². The van der Waals surface area contributed by atoms with Crippen LogP contribution < -0.4 is 4.74 Å². The highest BCUT2D eigenvalue weighted by atomic mass is 35.5. The van der Waals surface area contributed by atoms with E-state index in [0.29, 0.717) is 22.3 Å². The third-order valence-electron chi connectivity index (χ3n) is 5.21. The second-order valence-electron chi connectivity index (χ2n) is 7.33. The molecule has 1 aliphatic heterocycles. The summed E-state index contributed by atoms with van der Waals surface area (Å²) in [5, 5.41) is 1.44. The van der Waals surface area contributed by atoms with Gasteiger partial charge in [0.2, 0.25) is 10.0 Å². The number of furan rings is 1. The highest BCUT2D eigenvalue weighted by Crippen LogP contribution is 2.37. The average molecular weight is 463 g/mol. The maximum atomic E-state index is 13.3. The highest BCUT2D eigenvalue weighted by Gasteiger charge is 2.45. The van der Waals surface area contributed by atoms with E-state index in [2.05, 4.69) is 0 Å². The molecule has 0 amide bonds. The molecule has 0 N–H and O–H groups in total. The number of ether oxygens (including phenoxy) is 1. The van der Waals surface area contributed by atoms with Crippen LogP contribution >= 0.6 is 11.6 Å². The van der Waals surface area contributed by atoms with Crippen LogP contribution in [-0.2, 0) is 21.4 Å². The van der Waals surface area contributed by atoms with Gasteiger partial charge in [0.25, 0.3) is 0 Å². The molecule has 1 aliphatic rings. The Morgan fingerprint density at radius 3 is 2.61 bits per heavy atom. The van der Waals surface area contributed by atoms with E-state index in [1.807, 2.05) is 24.3 Å². The summed E-state index contributed by atoms with van der Waals surface area (Å²) in [6.45, 7) is 0.219. The maximum Gasteiger partial charge on any atom is 0.221 e. The Kier molecular flexibility index (Phi) is 6.36. The molecule has 0 bridgehead atoms. The van der Waals surface area contributed by atoms with Gasteiger partial charge in [-0.3, -0.25) is 4.84 Å². The van der Waals surface area contributed by atoms with Crippen molar-refractivity contribution in [2.75, 3.05) is 20.7 Å². The van der Waals surface area contributed by atoms with Gasteiger partial charge in [0.05, 0.1) is 25.5 Å². The Labute approximate surface area is 186 Å². The summed E-state index contributed by atoms with van der Waals surface area (Å²) in [7, 11) is -0.386. The van der Waals surface area contributed by atoms with E-state index < -0.39 is 21.3 Å². The maximum absolute atomic E-state index is 13.3. The predicted octanol–water partition coefficient (Wildman–Crippen LogP) is 4.47. The van der Waals surface area contributed by atoms with Crippen LogP contribution in [0, 0.1) is 0 Å². The molecule has 3 aromatic rings. The van der Waals surface area contributed by atoms with Gasteiger partial charge in [-0.25, -0.2) is 8.42 Å². The van der Waals surface area contributed by atoms with Crippen molar-refractivity contribution in [1.82, 2.24) is 9.37 Å². The lowest BCUT2D eigenvalue weighted by Gasteiger charge is -2.26. The second kappa shape index (κ2) is 9.02. The van der Waals surface area contributed by atoms with Gasteiger partial charge in [0.1, 0.15) is 22.5 Å². The van der Waals surface area contributed by atoms with Gasteiger partial charge < -0.3 is 9.15 Å². The largest absolute Gasteiger partial charge is 0.468 e. The molecule has 1 aromatic heterocycles. The molecule has 1 fully saturated rings. The van der Waals surface area contributed by atoms with E-state index >= 15 is 0 Å². The van der Waals surface area contributed by atoms with Crippen molar-refractivity contribution in [2.45, 2.75) is 17.8 Å². The Bertz CT molecular complexity index is 1120. The van der Waals surface area contributed by atoms with Crippen molar-refractivity contribution < 1.29 is 22.4 Å². The molecule has 0 saturated carbocycles. The Hall–Kier alpha value is -2.36. The summed E-state index contributed by atoms with van der Waals surface area (Å²) >= 11 is 5.93. The Morgan fingerprint density at radius 1 is 1.13 bits per heavy atom. The fourth-order valence-electron chi connectivity index (χ4n) is 3.61. The van der Waals surface area contributed by atoms with Crippen LogP contribution in [0.1, 0.15) is 17.4 Å². The van der Waals surface area contributed by atoms with E-state index in [1.54, 1.807) is 55.6 Å². The summed E-state index contributed by atoms with van der Waals surface area (Å²) in [4.78, 5) is 5.62. The lowest BCUT2D eigenvalue weighted by atomic mass is 10.0. The SMILES string of the molecule is CN1OC[C@@H](S(=O)(=O)N(C)Cc2ccco2)[C@H]1c1cccc(Oc2ccc(Cl)cc2)c1. The van der Waals surface area contributed by atoms with Gasteiger partial charge in [-0.2, -0.15) is 9.37 Å². The monoisotopic (exact) mass is 462 g/mol. The number of rotatable bonds is 7. The van der Waals surface area contributed by atoms with E-state index in [0.717, 1.165) is 5.56 Å². The quantitative estimate of drug-likeness (QED) is 0.515. The van der Waals surface area contributed by atoms with Gasteiger partial charge in [-0.05, 0) is 54.1 Å². The van der Waals surface area contributed by atoms with Crippen molar-refractivity contribution in [3.05, 3.63) is 83.3 Å². The molecule has 0 radical (unpaired) electrons. The number of hydrogen-bond acceptors (Lipinski definition) is 6. The molecule has 4 rings (SSSR count). The van der Waals surface area contributed by atoms with E-state index in [9.17, 15) is 8.42 Å². The molecule has 31 heavy (non-hydrogen) atoms. The Balaban J connectivity index is 1.57. The minimum atomic E-state index is -3.67. The third kappa shape index (κ3) is 4.78. The second-order valence-corrected chi connectivity index (χ2v) is 10.0. The average Bonchev–Trinajstić information content (AvgIpc) is 3.39. The van der Waals surface area contributed by atoms with Crippen LogP contribution in [0.4, 0.5) is 0 Å². The number of halogens is 1. The zero-order valence-electron chi connectivity index (χ0n) is 17.1. The Morgan fingerprint density at radius 2 is 1.90 bits per heavy atom. The van der Waals surface area contributed by atoms with Crippen molar-refractivity contribution in [3.63, 3.8) is 0 Å². The van der Waals surface area contributed by atoms with Gasteiger partial charge in [0.15, 0.2) is 0 Å². The van der Waals surface area contributed by atoms with Crippen LogP contribution in [0.5, 0.6) is 11.5 Å². The van der Waals surface area contributed by atoms with Crippen molar-refractivity contribution in [3.8, 4) is 11.5 Å². The van der Waals surface area contributed by atoms with Crippen LogP contribution in [0.2, 0.25) is 5.02 Å². The molecule has 2 heterocycles. The predicted molar refractivity (Wildman–Crippen MR) is 117 cm³/mol. The smallest absolute Gasteiger partial charge is 0.221 e. The van der Waals surface area contributed by atoms with Crippen molar-refractivity contribution in [2.24, 2.45) is 0 Å². The van der Waals surface area contributed by atoms with E-state index in [4.69, 9.17) is 25.6 Å². The molecule has 164 valence electrons. The molecule has 2 atom stereocenters. The summed E-state index contributed by atoms with van der Waals surface area (Å²) in [6, 6.07) is 17.4. The number of nitrogens with zero attached hydrogens (tertiary/aromatic N) is 2. The molecule has 2 aromatic carbocycles. The zero-order valence-corrected chi connectivity index (χ0v) is 18.7. The molecule has 7 nitrogen and oxygen atoms in total. The van der Waals surface area contributed by atoms with Gasteiger partial charge in [-0.1, -0.05) is 23.7 Å². The summed E-state index contributed by atoms with van der Waals surface area (Å²) in [5.41, 5.74) is 0.784. The molecule has 1 saturated heterocycles. The summed E-state index contributed by atoms with van der Waals surface area (Å²) < 4.78 is 39.2. The minimum Gasteiger partial charge on any atom is -0.468 e. The molecule has 0 unspecified atom stereocenters. The molecule has 0 spiro atoms. The number of hydroxylamine groups is 2. The summed E-state index contributed by atoms with van der Waals surface area (Å²) in [5.74, 6) is 1.81. The first-order chi connectivity index (χ1) is 14.8. The van der Waals surface area contributed by atoms with Gasteiger partial charge in [-0.15, -0.1) is 0 Å². The van der Waals surface area contributed by atoms with Crippen LogP contribution in [0.15, 0.2) is 71.3 Å². The number of sulfonamides is 1. The lowest BCUT2D eigenvalue weighted by molar-refractivity contribution is -0.110. The fraction of sp³-hybridized carbons (Fsp3) is 0.273. The normalized spacial score (nSPS) is 19.7. The first kappa shape index (κ1) is 21.9. The molecule has 9 heteroatoms. The number of hydrogen-bond donors (Lipinski definition) is 0. The van der Waals surface area contributed by atoms with Crippen LogP contribution in [-0.4, -0.2) is 43.7 Å². The lowest BCUT2D eigenvalue weighted by Crippen LogP contribution is -2.40. The first-order valence-electron chi connectivity index (χ1n) is 9.71. The number of benzene rings is 2. The molecular weight excluding hydrogens is 440 g/mol. The van der Waals surface area contributed by atoms with E-state index in [-0.39, 0.29) is 13.2 Å². The molecule has 0 aliphatic carbocycles. The van der Waals surface area contributed by atoms with E-state index in [1.165, 1.54) is 10.6 Å². The fourth-order valence-corrected chi connectivity index (χ4v) is 5.40. The third-order valence-corrected chi connectivity index (χ3v) is 7.62. The first-order valence-corrected chi connectivity index (χ1v) is 11.6. The highest BCUT2D eigenvalue weighted by molar-refractivity contribution is 7.89. The van der Waals surface area contributed by atoms with Crippen molar-refractivity contribution >= 4 is 21.6 Å². The van der Waals surface area contributed by atoms with Crippen LogP contribution in [0.25, 0.3) is 0 Å². The zero-order chi connectivity index (χ0) is 22.0.